The molecule has 2 aromatic carbocycles. The molecule has 2 N–H and O–H groups in total. The van der Waals surface area contributed by atoms with E-state index in [-0.39, 0.29) is 35.5 Å². The molecule has 0 aromatic heterocycles. The van der Waals surface area contributed by atoms with Crippen LogP contribution in [0, 0.1) is 11.6 Å². The number of rotatable bonds is 6. The predicted octanol–water partition coefficient (Wildman–Crippen LogP) is 3.85. The van der Waals surface area contributed by atoms with E-state index in [4.69, 9.17) is 4.74 Å². The minimum Gasteiger partial charge on any atom is -0.494 e. The Bertz CT molecular complexity index is 710. The number of hydrogen-bond donors (Lipinski definition) is 2. The second kappa shape index (κ2) is 10.9. The number of nitrogens with one attached hydrogen (secondary N) is 2. The van der Waals surface area contributed by atoms with Crippen LogP contribution in [0.4, 0.5) is 8.78 Å². The second-order valence-electron chi connectivity index (χ2n) is 5.15. The molecule has 0 aliphatic heterocycles. The molecule has 0 heterocycles. The molecule has 0 aliphatic rings. The summed E-state index contributed by atoms with van der Waals surface area (Å²) in [6.45, 7) is 3.40. The first-order valence-electron chi connectivity index (χ1n) is 7.71. The van der Waals surface area contributed by atoms with Crippen LogP contribution in [-0.2, 0) is 13.1 Å². The number of methoxy groups -OCH3 is 1. The summed E-state index contributed by atoms with van der Waals surface area (Å²) in [5, 5.41) is 6.23. The number of halogens is 3. The van der Waals surface area contributed by atoms with Gasteiger partial charge in [0.1, 0.15) is 5.82 Å². The van der Waals surface area contributed by atoms with Gasteiger partial charge in [-0.15, -0.1) is 24.0 Å². The van der Waals surface area contributed by atoms with Crippen LogP contribution in [0.5, 0.6) is 5.75 Å². The van der Waals surface area contributed by atoms with Crippen LogP contribution >= 0.6 is 24.0 Å². The van der Waals surface area contributed by atoms with Gasteiger partial charge in [-0.05, 0) is 42.3 Å². The van der Waals surface area contributed by atoms with Gasteiger partial charge in [0.05, 0.1) is 13.7 Å². The van der Waals surface area contributed by atoms with E-state index < -0.39 is 5.82 Å². The molecule has 0 amide bonds. The van der Waals surface area contributed by atoms with Gasteiger partial charge in [-0.25, -0.2) is 13.8 Å². The van der Waals surface area contributed by atoms with Gasteiger partial charge >= 0.3 is 0 Å². The highest BCUT2D eigenvalue weighted by Gasteiger charge is 2.04. The first-order chi connectivity index (χ1) is 11.6. The highest BCUT2D eigenvalue weighted by atomic mass is 127. The van der Waals surface area contributed by atoms with Crippen molar-refractivity contribution in [1.82, 2.24) is 10.6 Å². The van der Waals surface area contributed by atoms with E-state index in [9.17, 15) is 8.78 Å². The summed E-state index contributed by atoms with van der Waals surface area (Å²) >= 11 is 0. The SMILES string of the molecule is CCNC(=NCc1cccc(F)c1)NCc1ccc(OC)c(F)c1.I. The third-order valence-corrected chi connectivity index (χ3v) is 3.33. The number of guanidine groups is 1. The maximum atomic E-state index is 13.7. The number of nitrogens with zero attached hydrogens (tertiary/aromatic N) is 1. The highest BCUT2D eigenvalue weighted by Crippen LogP contribution is 2.17. The predicted molar refractivity (Wildman–Crippen MR) is 106 cm³/mol. The summed E-state index contributed by atoms with van der Waals surface area (Å²) < 4.78 is 31.8. The molecular weight excluding hydrogens is 439 g/mol. The summed E-state index contributed by atoms with van der Waals surface area (Å²) in [7, 11) is 1.43. The van der Waals surface area contributed by atoms with Crippen molar-refractivity contribution in [2.75, 3.05) is 13.7 Å². The zero-order valence-corrected chi connectivity index (χ0v) is 16.5. The van der Waals surface area contributed by atoms with E-state index in [1.165, 1.54) is 25.3 Å². The van der Waals surface area contributed by atoms with Crippen LogP contribution in [-0.4, -0.2) is 19.6 Å². The van der Waals surface area contributed by atoms with Crippen LogP contribution in [0.15, 0.2) is 47.5 Å². The summed E-state index contributed by atoms with van der Waals surface area (Å²) in [6.07, 6.45) is 0. The van der Waals surface area contributed by atoms with Crippen LogP contribution in [0.25, 0.3) is 0 Å². The zero-order chi connectivity index (χ0) is 17.4. The van der Waals surface area contributed by atoms with Gasteiger partial charge in [0.15, 0.2) is 17.5 Å². The first kappa shape index (κ1) is 21.1. The van der Waals surface area contributed by atoms with E-state index in [1.807, 2.05) is 13.0 Å². The molecule has 0 fully saturated rings. The molecule has 0 saturated heterocycles. The van der Waals surface area contributed by atoms with Gasteiger partial charge in [-0.3, -0.25) is 0 Å². The number of ether oxygens (including phenoxy) is 1. The maximum Gasteiger partial charge on any atom is 0.191 e. The van der Waals surface area contributed by atoms with Gasteiger partial charge in [0.25, 0.3) is 0 Å². The molecule has 25 heavy (non-hydrogen) atoms. The van der Waals surface area contributed by atoms with E-state index in [0.717, 1.165) is 11.1 Å². The Kier molecular flexibility index (Phi) is 9.18. The van der Waals surface area contributed by atoms with Gasteiger partial charge in [0.2, 0.25) is 0 Å². The van der Waals surface area contributed by atoms with E-state index in [0.29, 0.717) is 25.6 Å². The van der Waals surface area contributed by atoms with Crippen molar-refractivity contribution >= 4 is 29.9 Å². The van der Waals surface area contributed by atoms with Crippen molar-refractivity contribution in [3.05, 3.63) is 65.2 Å². The molecule has 2 rings (SSSR count). The lowest BCUT2D eigenvalue weighted by atomic mass is 10.2. The molecule has 4 nitrogen and oxygen atoms in total. The number of hydrogen-bond acceptors (Lipinski definition) is 2. The standard InChI is InChI=1S/C18H21F2N3O.HI/c1-3-21-18(22-11-13-5-4-6-15(19)9-13)23-12-14-7-8-17(24-2)16(20)10-14;/h4-10H,3,11-12H2,1-2H3,(H2,21,22,23);1H. The molecule has 0 unspecified atom stereocenters. The van der Waals surface area contributed by atoms with Crippen molar-refractivity contribution in [2.45, 2.75) is 20.0 Å². The summed E-state index contributed by atoms with van der Waals surface area (Å²) in [4.78, 5) is 4.41. The molecule has 0 radical (unpaired) electrons. The van der Waals surface area contributed by atoms with Crippen molar-refractivity contribution in [3.8, 4) is 5.75 Å². The Hall–Kier alpha value is -1.90. The highest BCUT2D eigenvalue weighted by molar-refractivity contribution is 14.0. The first-order valence-corrected chi connectivity index (χ1v) is 7.71. The fraction of sp³-hybridized carbons (Fsp3) is 0.278. The number of aliphatic imine (C=N–C) groups is 1. The van der Waals surface area contributed by atoms with Crippen LogP contribution < -0.4 is 15.4 Å². The smallest absolute Gasteiger partial charge is 0.191 e. The third-order valence-electron chi connectivity index (χ3n) is 3.33. The lowest BCUT2D eigenvalue weighted by Crippen LogP contribution is -2.36. The quantitative estimate of drug-likeness (QED) is 0.391. The summed E-state index contributed by atoms with van der Waals surface area (Å²) in [5.74, 6) is 0.108. The van der Waals surface area contributed by atoms with Gasteiger partial charge < -0.3 is 15.4 Å². The molecular formula is C18H22F2IN3O. The Balaban J connectivity index is 0.00000312. The van der Waals surface area contributed by atoms with Gasteiger partial charge in [-0.1, -0.05) is 18.2 Å². The normalized spacial score (nSPS) is 10.8. The Morgan fingerprint density at radius 1 is 1.08 bits per heavy atom. The van der Waals surface area contributed by atoms with Crippen molar-refractivity contribution in [2.24, 2.45) is 4.99 Å². The molecule has 2 aromatic rings. The largest absolute Gasteiger partial charge is 0.494 e. The molecule has 0 saturated carbocycles. The monoisotopic (exact) mass is 461 g/mol. The lowest BCUT2D eigenvalue weighted by Gasteiger charge is -2.12. The van der Waals surface area contributed by atoms with E-state index in [1.54, 1.807) is 18.2 Å². The zero-order valence-electron chi connectivity index (χ0n) is 14.2. The fourth-order valence-electron chi connectivity index (χ4n) is 2.15. The van der Waals surface area contributed by atoms with E-state index in [2.05, 4.69) is 15.6 Å². The average molecular weight is 461 g/mol. The third kappa shape index (κ3) is 6.85. The summed E-state index contributed by atoms with van der Waals surface area (Å²) in [6, 6.07) is 11.1. The van der Waals surface area contributed by atoms with Crippen molar-refractivity contribution in [1.29, 1.82) is 0 Å². The van der Waals surface area contributed by atoms with Crippen LogP contribution in [0.2, 0.25) is 0 Å². The molecule has 0 spiro atoms. The van der Waals surface area contributed by atoms with Gasteiger partial charge in [0, 0.05) is 13.1 Å². The van der Waals surface area contributed by atoms with Crippen molar-refractivity contribution in [3.63, 3.8) is 0 Å². The maximum absolute atomic E-state index is 13.7. The van der Waals surface area contributed by atoms with Crippen LogP contribution in [0.1, 0.15) is 18.1 Å². The minimum absolute atomic E-state index is 0. The summed E-state index contributed by atoms with van der Waals surface area (Å²) in [5.41, 5.74) is 1.55. The second-order valence-corrected chi connectivity index (χ2v) is 5.15. The average Bonchev–Trinajstić information content (AvgIpc) is 2.57. The molecule has 136 valence electrons. The van der Waals surface area contributed by atoms with Crippen LogP contribution in [0.3, 0.4) is 0 Å². The van der Waals surface area contributed by atoms with E-state index >= 15 is 0 Å². The fourth-order valence-corrected chi connectivity index (χ4v) is 2.15. The minimum atomic E-state index is -0.404. The van der Waals surface area contributed by atoms with Crippen molar-refractivity contribution < 1.29 is 13.5 Å². The number of benzene rings is 2. The molecule has 7 heteroatoms. The Morgan fingerprint density at radius 3 is 2.52 bits per heavy atom. The molecule has 0 aliphatic carbocycles. The topological polar surface area (TPSA) is 45.7 Å². The van der Waals surface area contributed by atoms with Gasteiger partial charge in [-0.2, -0.15) is 0 Å². The Morgan fingerprint density at radius 2 is 1.88 bits per heavy atom. The Labute approximate surface area is 163 Å². The molecule has 0 bridgehead atoms. The molecule has 0 atom stereocenters. The lowest BCUT2D eigenvalue weighted by molar-refractivity contribution is 0.386.